The normalized spacial score (nSPS) is 14.5. The lowest BCUT2D eigenvalue weighted by atomic mass is 10.1. The van der Waals surface area contributed by atoms with Gasteiger partial charge < -0.3 is 4.74 Å². The standard InChI is InChI=1S/C32H39N3O2S2/c1-3-5-7-9-13-21-34-31(36)29(39-32(34)38)23-26-24-35(27-15-11-10-12-16-27)33-30(26)25-17-19-28(20-18-25)37-22-14-8-6-4-2/h10-12,15-20,23-24H,3-9,13-14,21-22H2,1-2H3/b29-23+. The Labute approximate surface area is 242 Å². The molecule has 2 heterocycles. The second-order valence-corrected chi connectivity index (χ2v) is 11.6. The molecule has 3 aromatic rings. The van der Waals surface area contributed by atoms with Crippen LogP contribution in [0.1, 0.15) is 77.2 Å². The molecule has 0 radical (unpaired) electrons. The summed E-state index contributed by atoms with van der Waals surface area (Å²) in [5.41, 5.74) is 3.64. The van der Waals surface area contributed by atoms with E-state index < -0.39 is 0 Å². The molecule has 0 bridgehead atoms. The molecule has 0 spiro atoms. The van der Waals surface area contributed by atoms with Crippen LogP contribution in [0.2, 0.25) is 0 Å². The third-order valence-electron chi connectivity index (χ3n) is 6.80. The number of unbranched alkanes of at least 4 members (excludes halogenated alkanes) is 7. The average Bonchev–Trinajstić information content (AvgIpc) is 3.50. The first-order chi connectivity index (χ1) is 19.1. The van der Waals surface area contributed by atoms with Gasteiger partial charge in [0.05, 0.1) is 22.9 Å². The van der Waals surface area contributed by atoms with Gasteiger partial charge in [-0.05, 0) is 55.3 Å². The fourth-order valence-corrected chi connectivity index (χ4v) is 5.87. The lowest BCUT2D eigenvalue weighted by Gasteiger charge is -2.13. The van der Waals surface area contributed by atoms with Gasteiger partial charge in [-0.25, -0.2) is 4.68 Å². The maximum atomic E-state index is 13.3. The summed E-state index contributed by atoms with van der Waals surface area (Å²) >= 11 is 6.97. The van der Waals surface area contributed by atoms with E-state index in [-0.39, 0.29) is 5.91 Å². The molecule has 0 unspecified atom stereocenters. The molecular weight excluding hydrogens is 523 g/mol. The van der Waals surface area contributed by atoms with Crippen molar-refractivity contribution >= 4 is 40.3 Å². The quantitative estimate of drug-likeness (QED) is 0.106. The highest BCUT2D eigenvalue weighted by Gasteiger charge is 2.32. The predicted octanol–water partition coefficient (Wildman–Crippen LogP) is 8.67. The van der Waals surface area contributed by atoms with E-state index in [1.165, 1.54) is 50.3 Å². The summed E-state index contributed by atoms with van der Waals surface area (Å²) < 4.78 is 8.45. The Morgan fingerprint density at radius 2 is 1.59 bits per heavy atom. The summed E-state index contributed by atoms with van der Waals surface area (Å²) in [5, 5.41) is 4.92. The Morgan fingerprint density at radius 1 is 0.897 bits per heavy atom. The molecule has 2 aromatic carbocycles. The molecule has 206 valence electrons. The third kappa shape index (κ3) is 8.05. The van der Waals surface area contributed by atoms with Gasteiger partial charge >= 0.3 is 0 Å². The molecule has 0 aliphatic carbocycles. The molecule has 1 aliphatic heterocycles. The Morgan fingerprint density at radius 3 is 2.31 bits per heavy atom. The van der Waals surface area contributed by atoms with Gasteiger partial charge in [-0.2, -0.15) is 5.10 Å². The van der Waals surface area contributed by atoms with E-state index in [0.29, 0.717) is 15.8 Å². The van der Waals surface area contributed by atoms with Crippen molar-refractivity contribution in [2.75, 3.05) is 13.2 Å². The van der Waals surface area contributed by atoms with Gasteiger partial charge in [-0.15, -0.1) is 0 Å². The zero-order chi connectivity index (χ0) is 27.5. The van der Waals surface area contributed by atoms with Crippen molar-refractivity contribution in [3.8, 4) is 22.7 Å². The Bertz CT molecular complexity index is 1250. The van der Waals surface area contributed by atoms with Crippen molar-refractivity contribution in [3.63, 3.8) is 0 Å². The molecule has 1 saturated heterocycles. The fourth-order valence-electron chi connectivity index (χ4n) is 4.57. The Hall–Kier alpha value is -2.90. The summed E-state index contributed by atoms with van der Waals surface area (Å²) in [6.45, 7) is 5.83. The molecule has 1 fully saturated rings. The van der Waals surface area contributed by atoms with Crippen LogP contribution in [0.4, 0.5) is 0 Å². The molecule has 39 heavy (non-hydrogen) atoms. The Kier molecular flexibility index (Phi) is 11.2. The highest BCUT2D eigenvalue weighted by atomic mass is 32.2. The SMILES string of the molecule is CCCCCCCN1C(=O)/C(=C\c2cn(-c3ccccc3)nc2-c2ccc(OCCCCCC)cc2)SC1=S. The van der Waals surface area contributed by atoms with Crippen LogP contribution in [0.15, 0.2) is 65.7 Å². The van der Waals surface area contributed by atoms with Crippen LogP contribution >= 0.6 is 24.0 Å². The van der Waals surface area contributed by atoms with Gasteiger partial charge in [-0.1, -0.05) is 101 Å². The minimum Gasteiger partial charge on any atom is -0.494 e. The molecule has 5 nitrogen and oxygen atoms in total. The van der Waals surface area contributed by atoms with E-state index in [0.717, 1.165) is 54.1 Å². The van der Waals surface area contributed by atoms with E-state index in [4.69, 9.17) is 22.1 Å². The van der Waals surface area contributed by atoms with Crippen molar-refractivity contribution in [2.45, 2.75) is 71.6 Å². The summed E-state index contributed by atoms with van der Waals surface area (Å²) in [7, 11) is 0. The molecule has 7 heteroatoms. The van der Waals surface area contributed by atoms with Crippen LogP contribution in [0, 0.1) is 0 Å². The fraction of sp³-hybridized carbons (Fsp3) is 0.406. The maximum absolute atomic E-state index is 13.3. The van der Waals surface area contributed by atoms with Crippen LogP contribution in [-0.4, -0.2) is 38.1 Å². The number of ether oxygens (including phenoxy) is 1. The topological polar surface area (TPSA) is 47.4 Å². The van der Waals surface area contributed by atoms with E-state index in [1.54, 1.807) is 4.90 Å². The summed E-state index contributed by atoms with van der Waals surface area (Å²) in [6, 6.07) is 18.1. The van der Waals surface area contributed by atoms with Gasteiger partial charge in [0.25, 0.3) is 5.91 Å². The number of amides is 1. The van der Waals surface area contributed by atoms with Crippen LogP contribution in [0.5, 0.6) is 5.75 Å². The number of hydrogen-bond acceptors (Lipinski definition) is 5. The van der Waals surface area contributed by atoms with Crippen molar-refractivity contribution in [3.05, 3.63) is 71.3 Å². The number of para-hydroxylation sites is 1. The van der Waals surface area contributed by atoms with Crippen molar-refractivity contribution in [2.24, 2.45) is 0 Å². The van der Waals surface area contributed by atoms with Crippen LogP contribution in [-0.2, 0) is 4.79 Å². The summed E-state index contributed by atoms with van der Waals surface area (Å²) in [6.07, 6.45) is 14.4. The molecule has 0 saturated carbocycles. The maximum Gasteiger partial charge on any atom is 0.266 e. The first-order valence-electron chi connectivity index (χ1n) is 14.2. The van der Waals surface area contributed by atoms with E-state index in [2.05, 4.69) is 13.8 Å². The van der Waals surface area contributed by atoms with Crippen molar-refractivity contribution < 1.29 is 9.53 Å². The molecule has 1 aliphatic rings. The second-order valence-electron chi connectivity index (χ2n) is 9.89. The van der Waals surface area contributed by atoms with Crippen LogP contribution in [0.25, 0.3) is 23.0 Å². The zero-order valence-corrected chi connectivity index (χ0v) is 24.7. The monoisotopic (exact) mass is 561 g/mol. The highest BCUT2D eigenvalue weighted by Crippen LogP contribution is 2.35. The number of benzene rings is 2. The number of aromatic nitrogens is 2. The number of carbonyl (C=O) groups is 1. The lowest BCUT2D eigenvalue weighted by molar-refractivity contribution is -0.122. The Balaban J connectivity index is 1.54. The van der Waals surface area contributed by atoms with Gasteiger partial charge in [0.1, 0.15) is 10.1 Å². The van der Waals surface area contributed by atoms with Gasteiger partial charge in [0, 0.05) is 23.9 Å². The van der Waals surface area contributed by atoms with Crippen LogP contribution in [0.3, 0.4) is 0 Å². The number of thioether (sulfide) groups is 1. The van der Waals surface area contributed by atoms with Crippen LogP contribution < -0.4 is 4.74 Å². The summed E-state index contributed by atoms with van der Waals surface area (Å²) in [5.74, 6) is 0.852. The van der Waals surface area contributed by atoms with Gasteiger partial charge in [0.2, 0.25) is 0 Å². The number of rotatable bonds is 15. The predicted molar refractivity (Wildman–Crippen MR) is 167 cm³/mol. The smallest absolute Gasteiger partial charge is 0.266 e. The number of hydrogen-bond donors (Lipinski definition) is 0. The molecule has 4 rings (SSSR count). The minimum absolute atomic E-state index is 0.00859. The number of nitrogens with zero attached hydrogens (tertiary/aromatic N) is 3. The lowest BCUT2D eigenvalue weighted by Crippen LogP contribution is -2.29. The molecule has 0 N–H and O–H groups in total. The zero-order valence-electron chi connectivity index (χ0n) is 23.1. The highest BCUT2D eigenvalue weighted by molar-refractivity contribution is 8.26. The molecular formula is C32H39N3O2S2. The first-order valence-corrected chi connectivity index (χ1v) is 15.5. The van der Waals surface area contributed by atoms with Gasteiger partial charge in [-0.3, -0.25) is 9.69 Å². The third-order valence-corrected chi connectivity index (χ3v) is 8.18. The van der Waals surface area contributed by atoms with Crippen molar-refractivity contribution in [1.82, 2.24) is 14.7 Å². The minimum atomic E-state index is -0.00859. The average molecular weight is 562 g/mol. The van der Waals surface area contributed by atoms with E-state index in [1.807, 2.05) is 71.6 Å². The van der Waals surface area contributed by atoms with E-state index in [9.17, 15) is 4.79 Å². The second kappa shape index (κ2) is 15.0. The van der Waals surface area contributed by atoms with E-state index >= 15 is 0 Å². The summed E-state index contributed by atoms with van der Waals surface area (Å²) in [4.78, 5) is 15.7. The molecule has 1 amide bonds. The number of thiocarbonyl (C=S) groups is 1. The largest absolute Gasteiger partial charge is 0.494 e. The molecule has 0 atom stereocenters. The number of carbonyl (C=O) groups excluding carboxylic acids is 1. The first kappa shape index (κ1) is 29.1. The molecule has 1 aromatic heterocycles. The van der Waals surface area contributed by atoms with Crippen molar-refractivity contribution in [1.29, 1.82) is 0 Å². The van der Waals surface area contributed by atoms with Gasteiger partial charge in [0.15, 0.2) is 0 Å².